The molecular weight excluding hydrogens is 390 g/mol. The lowest BCUT2D eigenvalue weighted by molar-refractivity contribution is -0.137. The molecule has 0 aliphatic carbocycles. The lowest BCUT2D eigenvalue weighted by Gasteiger charge is -2.08. The van der Waals surface area contributed by atoms with Gasteiger partial charge < -0.3 is 4.74 Å². The molecule has 0 N–H and O–H groups in total. The SMILES string of the molecule is CCOC(=O)/C(=C\c1cccs1)C(=O)c1cc(F)c(F)cc1Br. The number of halogens is 3. The van der Waals surface area contributed by atoms with Crippen molar-refractivity contribution in [2.24, 2.45) is 0 Å². The first kappa shape index (κ1) is 17.5. The summed E-state index contributed by atoms with van der Waals surface area (Å²) >= 11 is 4.34. The van der Waals surface area contributed by atoms with Gasteiger partial charge in [-0.3, -0.25) is 4.79 Å². The first-order chi connectivity index (χ1) is 10.9. The summed E-state index contributed by atoms with van der Waals surface area (Å²) in [5.41, 5.74) is -0.402. The summed E-state index contributed by atoms with van der Waals surface area (Å²) in [5.74, 6) is -3.82. The van der Waals surface area contributed by atoms with Gasteiger partial charge in [0, 0.05) is 14.9 Å². The molecule has 0 aliphatic heterocycles. The molecule has 2 aromatic rings. The molecule has 0 radical (unpaired) electrons. The van der Waals surface area contributed by atoms with Crippen LogP contribution in [0.3, 0.4) is 0 Å². The van der Waals surface area contributed by atoms with Gasteiger partial charge in [-0.2, -0.15) is 0 Å². The fourth-order valence-corrected chi connectivity index (χ4v) is 2.94. The summed E-state index contributed by atoms with van der Waals surface area (Å²) in [7, 11) is 0. The zero-order valence-electron chi connectivity index (χ0n) is 11.9. The van der Waals surface area contributed by atoms with E-state index in [1.54, 1.807) is 24.4 Å². The standard InChI is InChI=1S/C16H11BrF2O3S/c1-2-22-16(21)11(6-9-4-3-5-23-9)15(20)10-7-13(18)14(19)8-12(10)17/h3-8H,2H2,1H3/b11-6-. The summed E-state index contributed by atoms with van der Waals surface area (Å²) in [6, 6.07) is 5.08. The van der Waals surface area contributed by atoms with Gasteiger partial charge in [0.15, 0.2) is 11.6 Å². The number of benzene rings is 1. The predicted molar refractivity (Wildman–Crippen MR) is 87.3 cm³/mol. The van der Waals surface area contributed by atoms with E-state index in [1.165, 1.54) is 17.4 Å². The first-order valence-corrected chi connectivity index (χ1v) is 8.22. The van der Waals surface area contributed by atoms with Crippen LogP contribution in [0.25, 0.3) is 6.08 Å². The molecule has 0 atom stereocenters. The fourth-order valence-electron chi connectivity index (χ4n) is 1.78. The molecule has 0 saturated carbocycles. The average Bonchev–Trinajstić information content (AvgIpc) is 3.01. The molecule has 1 aromatic carbocycles. The maximum Gasteiger partial charge on any atom is 0.342 e. The Morgan fingerprint density at radius 3 is 2.61 bits per heavy atom. The quantitative estimate of drug-likeness (QED) is 0.183. The van der Waals surface area contributed by atoms with E-state index in [0.29, 0.717) is 4.88 Å². The van der Waals surface area contributed by atoms with Crippen LogP contribution in [-0.4, -0.2) is 18.4 Å². The number of thiophene rings is 1. The minimum Gasteiger partial charge on any atom is -0.462 e. The van der Waals surface area contributed by atoms with Gasteiger partial charge in [0.2, 0.25) is 5.78 Å². The third-order valence-electron chi connectivity index (χ3n) is 2.82. The maximum atomic E-state index is 13.4. The van der Waals surface area contributed by atoms with Crippen LogP contribution in [0.4, 0.5) is 8.78 Å². The van der Waals surface area contributed by atoms with Crippen molar-refractivity contribution < 1.29 is 23.1 Å². The van der Waals surface area contributed by atoms with E-state index in [-0.39, 0.29) is 22.2 Å². The van der Waals surface area contributed by atoms with Crippen molar-refractivity contribution in [3.8, 4) is 0 Å². The molecule has 7 heteroatoms. The molecule has 0 saturated heterocycles. The minimum atomic E-state index is -1.17. The van der Waals surface area contributed by atoms with Gasteiger partial charge >= 0.3 is 5.97 Å². The van der Waals surface area contributed by atoms with Crippen LogP contribution in [0.2, 0.25) is 0 Å². The van der Waals surface area contributed by atoms with E-state index < -0.39 is 23.4 Å². The van der Waals surface area contributed by atoms with Crippen LogP contribution in [0.5, 0.6) is 0 Å². The van der Waals surface area contributed by atoms with Crippen LogP contribution >= 0.6 is 27.3 Å². The van der Waals surface area contributed by atoms with E-state index in [1.807, 2.05) is 0 Å². The lowest BCUT2D eigenvalue weighted by Crippen LogP contribution is -2.17. The smallest absolute Gasteiger partial charge is 0.342 e. The second-order valence-corrected chi connectivity index (χ2v) is 6.20. The Morgan fingerprint density at radius 1 is 1.30 bits per heavy atom. The highest BCUT2D eigenvalue weighted by molar-refractivity contribution is 9.10. The van der Waals surface area contributed by atoms with E-state index in [0.717, 1.165) is 12.1 Å². The van der Waals surface area contributed by atoms with Crippen molar-refractivity contribution in [1.82, 2.24) is 0 Å². The number of ketones is 1. The molecule has 2 rings (SSSR count). The minimum absolute atomic E-state index is 0.0581. The summed E-state index contributed by atoms with van der Waals surface area (Å²) in [4.78, 5) is 25.3. The second kappa shape index (κ2) is 7.61. The summed E-state index contributed by atoms with van der Waals surface area (Å²) in [6.07, 6.45) is 1.37. The Balaban J connectivity index is 2.49. The average molecular weight is 401 g/mol. The highest BCUT2D eigenvalue weighted by atomic mass is 79.9. The van der Waals surface area contributed by atoms with Crippen molar-refractivity contribution in [3.63, 3.8) is 0 Å². The van der Waals surface area contributed by atoms with Crippen molar-refractivity contribution >= 4 is 45.1 Å². The Bertz CT molecular complexity index is 770. The normalized spacial score (nSPS) is 11.4. The highest BCUT2D eigenvalue weighted by Gasteiger charge is 2.24. The summed E-state index contributed by atoms with van der Waals surface area (Å²) < 4.78 is 31.6. The van der Waals surface area contributed by atoms with Gasteiger partial charge in [0.25, 0.3) is 0 Å². The van der Waals surface area contributed by atoms with E-state index in [4.69, 9.17) is 4.74 Å². The van der Waals surface area contributed by atoms with Gasteiger partial charge in [-0.05, 0) is 52.5 Å². The molecule has 0 amide bonds. The molecular formula is C16H11BrF2O3S. The van der Waals surface area contributed by atoms with E-state index in [9.17, 15) is 18.4 Å². The van der Waals surface area contributed by atoms with Crippen molar-refractivity contribution in [2.75, 3.05) is 6.61 Å². The molecule has 0 spiro atoms. The van der Waals surface area contributed by atoms with Crippen LogP contribution in [0, 0.1) is 11.6 Å². The second-order valence-electron chi connectivity index (χ2n) is 4.37. The Labute approximate surface area is 143 Å². The summed E-state index contributed by atoms with van der Waals surface area (Å²) in [5, 5.41) is 1.78. The number of hydrogen-bond acceptors (Lipinski definition) is 4. The summed E-state index contributed by atoms with van der Waals surface area (Å²) in [6.45, 7) is 1.70. The molecule has 3 nitrogen and oxygen atoms in total. The zero-order valence-corrected chi connectivity index (χ0v) is 14.3. The number of hydrogen-bond donors (Lipinski definition) is 0. The number of esters is 1. The van der Waals surface area contributed by atoms with Gasteiger partial charge in [-0.1, -0.05) is 6.07 Å². The molecule has 0 bridgehead atoms. The predicted octanol–water partition coefficient (Wildman–Crippen LogP) is 4.62. The van der Waals surface area contributed by atoms with Gasteiger partial charge in [0.1, 0.15) is 5.57 Å². The molecule has 0 aliphatic rings. The van der Waals surface area contributed by atoms with E-state index >= 15 is 0 Å². The number of rotatable bonds is 5. The van der Waals surface area contributed by atoms with Gasteiger partial charge in [0.05, 0.1) is 6.61 Å². The number of carbonyl (C=O) groups excluding carboxylic acids is 2. The number of ether oxygens (including phenoxy) is 1. The molecule has 0 fully saturated rings. The largest absolute Gasteiger partial charge is 0.462 e. The van der Waals surface area contributed by atoms with Crippen LogP contribution in [0.1, 0.15) is 22.2 Å². The van der Waals surface area contributed by atoms with Crippen LogP contribution < -0.4 is 0 Å². The van der Waals surface area contributed by atoms with Gasteiger partial charge in [-0.25, -0.2) is 13.6 Å². The monoisotopic (exact) mass is 400 g/mol. The van der Waals surface area contributed by atoms with Gasteiger partial charge in [-0.15, -0.1) is 11.3 Å². The Morgan fingerprint density at radius 2 is 2.00 bits per heavy atom. The molecule has 0 unspecified atom stereocenters. The fraction of sp³-hybridized carbons (Fsp3) is 0.125. The topological polar surface area (TPSA) is 43.4 Å². The van der Waals surface area contributed by atoms with Crippen LogP contribution in [-0.2, 0) is 9.53 Å². The van der Waals surface area contributed by atoms with E-state index in [2.05, 4.69) is 15.9 Å². The zero-order chi connectivity index (χ0) is 17.0. The van der Waals surface area contributed by atoms with Crippen molar-refractivity contribution in [1.29, 1.82) is 0 Å². The molecule has 23 heavy (non-hydrogen) atoms. The molecule has 120 valence electrons. The van der Waals surface area contributed by atoms with Crippen molar-refractivity contribution in [3.05, 3.63) is 61.8 Å². The van der Waals surface area contributed by atoms with Crippen molar-refractivity contribution in [2.45, 2.75) is 6.92 Å². The molecule has 1 aromatic heterocycles. The highest BCUT2D eigenvalue weighted by Crippen LogP contribution is 2.25. The number of Topliss-reactive ketones (excluding diaryl/α,β-unsaturated/α-hetero) is 1. The van der Waals surface area contributed by atoms with Crippen LogP contribution in [0.15, 0.2) is 39.7 Å². The molecule has 1 heterocycles. The third kappa shape index (κ3) is 4.11. The Hall–Kier alpha value is -1.86. The number of carbonyl (C=O) groups is 2. The lowest BCUT2D eigenvalue weighted by atomic mass is 10.0. The first-order valence-electron chi connectivity index (χ1n) is 6.55. The third-order valence-corrected chi connectivity index (χ3v) is 4.30. The Kier molecular flexibility index (Phi) is 5.79. The maximum absolute atomic E-state index is 13.4.